The number of aliphatic hydroxyl groups is 1. The highest BCUT2D eigenvalue weighted by molar-refractivity contribution is 5.82. The highest BCUT2D eigenvalue weighted by Crippen LogP contribution is 2.23. The smallest absolute Gasteiger partial charge is 0.339 e. The van der Waals surface area contributed by atoms with Gasteiger partial charge in [0.15, 0.2) is 6.10 Å². The number of nitrogens with zero attached hydrogens (tertiary/aromatic N) is 3. The van der Waals surface area contributed by atoms with Gasteiger partial charge in [-0.05, 0) is 51.1 Å². The molecule has 0 bridgehead atoms. The summed E-state index contributed by atoms with van der Waals surface area (Å²) in [5.74, 6) is 1.36. The lowest BCUT2D eigenvalue weighted by Crippen LogP contribution is -2.35. The van der Waals surface area contributed by atoms with Crippen LogP contribution < -0.4 is 10.1 Å². The van der Waals surface area contributed by atoms with Crippen molar-refractivity contribution in [1.29, 1.82) is 0 Å². The third kappa shape index (κ3) is 4.98. The van der Waals surface area contributed by atoms with E-state index in [0.717, 1.165) is 16.7 Å². The molecule has 2 N–H and O–H groups in total. The number of ether oxygens (including phenoxy) is 2. The van der Waals surface area contributed by atoms with Crippen LogP contribution in [0.25, 0.3) is 10.9 Å². The molecule has 2 aromatic heterocycles. The van der Waals surface area contributed by atoms with Gasteiger partial charge in [-0.3, -0.25) is 4.68 Å². The highest BCUT2D eigenvalue weighted by Gasteiger charge is 2.23. The Morgan fingerprint density at radius 3 is 2.71 bits per heavy atom. The molecule has 3 rings (SSSR count). The van der Waals surface area contributed by atoms with E-state index in [-0.39, 0.29) is 6.61 Å². The SMILES string of the molecule is Cn1nccc1Nc1ccc2cc(OC[C@@H](O)C(=O)OC(C)(C)C)ccc2n1. The minimum atomic E-state index is -1.35. The first-order valence-electron chi connectivity index (χ1n) is 8.91. The van der Waals surface area contributed by atoms with Gasteiger partial charge in [0.05, 0.1) is 11.7 Å². The Labute approximate surface area is 163 Å². The number of aromatic nitrogens is 3. The van der Waals surface area contributed by atoms with E-state index < -0.39 is 17.7 Å². The van der Waals surface area contributed by atoms with Gasteiger partial charge in [-0.15, -0.1) is 0 Å². The van der Waals surface area contributed by atoms with Crippen LogP contribution in [-0.2, 0) is 16.6 Å². The zero-order valence-electron chi connectivity index (χ0n) is 16.3. The molecule has 0 radical (unpaired) electrons. The number of fused-ring (bicyclic) bond motifs is 1. The molecule has 2 heterocycles. The summed E-state index contributed by atoms with van der Waals surface area (Å²) in [5.41, 5.74) is 0.126. The second-order valence-corrected chi connectivity index (χ2v) is 7.38. The summed E-state index contributed by atoms with van der Waals surface area (Å²) < 4.78 is 12.4. The van der Waals surface area contributed by atoms with Crippen molar-refractivity contribution in [3.63, 3.8) is 0 Å². The van der Waals surface area contributed by atoms with Gasteiger partial charge in [0.2, 0.25) is 0 Å². The second kappa shape index (κ2) is 7.85. The molecule has 0 aliphatic rings. The number of nitrogens with one attached hydrogen (secondary N) is 1. The molecule has 0 fully saturated rings. The average molecular weight is 384 g/mol. The molecule has 8 nitrogen and oxygen atoms in total. The molecule has 3 aromatic rings. The van der Waals surface area contributed by atoms with Crippen molar-refractivity contribution in [2.24, 2.45) is 7.05 Å². The number of pyridine rings is 1. The molecule has 1 aromatic carbocycles. The lowest BCUT2D eigenvalue weighted by molar-refractivity contribution is -0.166. The minimum Gasteiger partial charge on any atom is -0.490 e. The van der Waals surface area contributed by atoms with Crippen LogP contribution in [0.5, 0.6) is 5.75 Å². The number of rotatable bonds is 6. The Bertz CT molecular complexity index is 978. The van der Waals surface area contributed by atoms with Gasteiger partial charge in [-0.2, -0.15) is 5.10 Å². The molecule has 0 aliphatic carbocycles. The summed E-state index contributed by atoms with van der Waals surface area (Å²) in [6.07, 6.45) is 0.358. The molecular formula is C20H24N4O4. The molecule has 0 saturated heterocycles. The van der Waals surface area contributed by atoms with Gasteiger partial charge in [-0.1, -0.05) is 0 Å². The molecule has 0 amide bonds. The quantitative estimate of drug-likeness (QED) is 0.631. The topological polar surface area (TPSA) is 98.5 Å². The summed E-state index contributed by atoms with van der Waals surface area (Å²) in [5, 5.41) is 18.1. The van der Waals surface area contributed by atoms with Gasteiger partial charge in [0.1, 0.15) is 29.6 Å². The molecular weight excluding hydrogens is 360 g/mol. The highest BCUT2D eigenvalue weighted by atomic mass is 16.6. The van der Waals surface area contributed by atoms with Gasteiger partial charge in [0, 0.05) is 18.5 Å². The predicted molar refractivity (Wildman–Crippen MR) is 106 cm³/mol. The Hall–Kier alpha value is -3.13. The largest absolute Gasteiger partial charge is 0.490 e. The van der Waals surface area contributed by atoms with Crippen LogP contribution in [0.2, 0.25) is 0 Å². The van der Waals surface area contributed by atoms with E-state index in [0.29, 0.717) is 11.6 Å². The maximum Gasteiger partial charge on any atom is 0.339 e. The van der Waals surface area contributed by atoms with E-state index >= 15 is 0 Å². The normalized spacial score (nSPS) is 12.6. The summed E-state index contributed by atoms with van der Waals surface area (Å²) in [6, 6.07) is 11.0. The number of aliphatic hydroxyl groups excluding tert-OH is 1. The Morgan fingerprint density at radius 1 is 1.25 bits per heavy atom. The van der Waals surface area contributed by atoms with E-state index in [9.17, 15) is 9.90 Å². The number of hydrogen-bond acceptors (Lipinski definition) is 7. The summed E-state index contributed by atoms with van der Waals surface area (Å²) in [7, 11) is 1.85. The fourth-order valence-electron chi connectivity index (χ4n) is 2.50. The van der Waals surface area contributed by atoms with E-state index in [1.54, 1.807) is 43.8 Å². The first-order valence-corrected chi connectivity index (χ1v) is 8.91. The van der Waals surface area contributed by atoms with E-state index in [1.165, 1.54) is 0 Å². The molecule has 28 heavy (non-hydrogen) atoms. The summed E-state index contributed by atoms with van der Waals surface area (Å²) in [4.78, 5) is 16.4. The Balaban J connectivity index is 1.65. The van der Waals surface area contributed by atoms with Crippen molar-refractivity contribution in [2.45, 2.75) is 32.5 Å². The predicted octanol–water partition coefficient (Wildman–Crippen LogP) is 2.79. The molecule has 0 spiro atoms. The monoisotopic (exact) mass is 384 g/mol. The number of carbonyl (C=O) groups is 1. The van der Waals surface area contributed by atoms with Crippen LogP contribution in [0.4, 0.5) is 11.6 Å². The zero-order valence-corrected chi connectivity index (χ0v) is 16.3. The average Bonchev–Trinajstić information content (AvgIpc) is 3.02. The minimum absolute atomic E-state index is 0.187. The van der Waals surface area contributed by atoms with Gasteiger partial charge >= 0.3 is 5.97 Å². The van der Waals surface area contributed by atoms with Crippen molar-refractivity contribution in [2.75, 3.05) is 11.9 Å². The molecule has 8 heteroatoms. The van der Waals surface area contributed by atoms with Gasteiger partial charge in [-0.25, -0.2) is 9.78 Å². The number of esters is 1. The summed E-state index contributed by atoms with van der Waals surface area (Å²) >= 11 is 0. The number of hydrogen-bond donors (Lipinski definition) is 2. The number of carbonyl (C=O) groups excluding carboxylic acids is 1. The van der Waals surface area contributed by atoms with Crippen LogP contribution in [0.1, 0.15) is 20.8 Å². The van der Waals surface area contributed by atoms with Gasteiger partial charge in [0.25, 0.3) is 0 Å². The van der Waals surface area contributed by atoms with Crippen molar-refractivity contribution in [3.8, 4) is 5.75 Å². The van der Waals surface area contributed by atoms with Crippen molar-refractivity contribution in [1.82, 2.24) is 14.8 Å². The fraction of sp³-hybridized carbons (Fsp3) is 0.350. The third-order valence-electron chi connectivity index (χ3n) is 3.82. The fourth-order valence-corrected chi connectivity index (χ4v) is 2.50. The molecule has 148 valence electrons. The Kier molecular flexibility index (Phi) is 5.51. The number of aryl methyl sites for hydroxylation is 1. The van der Waals surface area contributed by atoms with E-state index in [1.807, 2.05) is 31.3 Å². The first-order chi connectivity index (χ1) is 13.2. The van der Waals surface area contributed by atoms with E-state index in [4.69, 9.17) is 9.47 Å². The van der Waals surface area contributed by atoms with Crippen LogP contribution in [0, 0.1) is 0 Å². The van der Waals surface area contributed by atoms with Crippen molar-refractivity contribution < 1.29 is 19.4 Å². The third-order valence-corrected chi connectivity index (χ3v) is 3.82. The molecule has 0 aliphatic heterocycles. The van der Waals surface area contributed by atoms with E-state index in [2.05, 4.69) is 15.4 Å². The van der Waals surface area contributed by atoms with Gasteiger partial charge < -0.3 is 19.9 Å². The molecule has 1 atom stereocenters. The second-order valence-electron chi connectivity index (χ2n) is 7.38. The molecule has 0 unspecified atom stereocenters. The Morgan fingerprint density at radius 2 is 2.04 bits per heavy atom. The van der Waals surface area contributed by atoms with Crippen LogP contribution >= 0.6 is 0 Å². The number of anilines is 2. The van der Waals surface area contributed by atoms with Crippen LogP contribution in [-0.4, -0.2) is 44.2 Å². The van der Waals surface area contributed by atoms with Crippen molar-refractivity contribution >= 4 is 28.5 Å². The first kappa shape index (κ1) is 19.6. The van der Waals surface area contributed by atoms with Crippen molar-refractivity contribution in [3.05, 3.63) is 42.6 Å². The van der Waals surface area contributed by atoms with Crippen LogP contribution in [0.3, 0.4) is 0 Å². The zero-order chi connectivity index (χ0) is 20.3. The lowest BCUT2D eigenvalue weighted by atomic mass is 10.2. The number of benzene rings is 1. The standard InChI is InChI=1S/C20H24N4O4/c1-20(2,3)28-19(26)16(25)12-27-14-6-7-15-13(11-14)5-8-17(22-15)23-18-9-10-21-24(18)4/h5-11,16,25H,12H2,1-4H3,(H,22,23)/t16-/m1/s1. The lowest BCUT2D eigenvalue weighted by Gasteiger charge is -2.21. The maximum atomic E-state index is 11.8. The maximum absolute atomic E-state index is 11.8. The van der Waals surface area contributed by atoms with Crippen LogP contribution in [0.15, 0.2) is 42.6 Å². The summed E-state index contributed by atoms with van der Waals surface area (Å²) in [6.45, 7) is 5.04. The molecule has 0 saturated carbocycles.